The van der Waals surface area contributed by atoms with Gasteiger partial charge in [-0.25, -0.2) is 9.97 Å². The Morgan fingerprint density at radius 2 is 1.97 bits per heavy atom. The highest BCUT2D eigenvalue weighted by molar-refractivity contribution is 6.07. The molecule has 1 aliphatic rings. The number of morpholine rings is 1. The molecule has 0 bridgehead atoms. The van der Waals surface area contributed by atoms with Gasteiger partial charge in [0.2, 0.25) is 0 Å². The number of rotatable bonds is 8. The maximum absolute atomic E-state index is 13.1. The van der Waals surface area contributed by atoms with Crippen LogP contribution in [-0.4, -0.2) is 72.9 Å². The summed E-state index contributed by atoms with van der Waals surface area (Å²) in [6.07, 6.45) is 5.39. The number of carbonyl (C=O) groups is 1. The molecule has 0 saturated carbocycles. The Labute approximate surface area is 199 Å². The molecule has 11 heteroatoms. The van der Waals surface area contributed by atoms with E-state index in [1.165, 1.54) is 6.20 Å². The van der Waals surface area contributed by atoms with Crippen molar-refractivity contribution in [3.05, 3.63) is 60.2 Å². The number of amides is 1. The van der Waals surface area contributed by atoms with Crippen LogP contribution in [0.2, 0.25) is 0 Å². The van der Waals surface area contributed by atoms with Crippen LogP contribution in [0.25, 0.3) is 11.3 Å². The van der Waals surface area contributed by atoms with E-state index in [0.29, 0.717) is 31.0 Å². The molecule has 1 atom stereocenters. The summed E-state index contributed by atoms with van der Waals surface area (Å²) in [5.41, 5.74) is 9.74. The molecule has 0 unspecified atom stereocenters. The summed E-state index contributed by atoms with van der Waals surface area (Å²) in [5.74, 6) is -0.430. The van der Waals surface area contributed by atoms with E-state index in [9.17, 15) is 9.90 Å². The molecule has 34 heavy (non-hydrogen) atoms. The third-order valence-corrected chi connectivity index (χ3v) is 5.60. The first kappa shape index (κ1) is 23.6. The molecule has 5 N–H and O–H groups in total. The van der Waals surface area contributed by atoms with Crippen LogP contribution in [0.3, 0.4) is 0 Å². The number of anilines is 3. The number of nitrogens with one attached hydrogen (secondary N) is 2. The second-order valence-electron chi connectivity index (χ2n) is 7.88. The van der Waals surface area contributed by atoms with Gasteiger partial charge in [0.25, 0.3) is 5.91 Å². The summed E-state index contributed by atoms with van der Waals surface area (Å²) >= 11 is 0. The number of ether oxygens (including phenoxy) is 1. The van der Waals surface area contributed by atoms with Crippen LogP contribution in [0.5, 0.6) is 0 Å². The topological polar surface area (TPSA) is 139 Å². The van der Waals surface area contributed by atoms with E-state index < -0.39 is 5.91 Å². The number of nitrogens with zero attached hydrogens (tertiary/aromatic N) is 4. The summed E-state index contributed by atoms with van der Waals surface area (Å²) in [6, 6.07) is 9.21. The van der Waals surface area contributed by atoms with Crippen molar-refractivity contribution < 1.29 is 14.6 Å². The molecule has 0 spiro atoms. The van der Waals surface area contributed by atoms with Gasteiger partial charge in [0.05, 0.1) is 49.3 Å². The molecule has 3 aromatic rings. The van der Waals surface area contributed by atoms with Crippen LogP contribution in [0.4, 0.5) is 17.2 Å². The minimum atomic E-state index is -0.467. The second-order valence-corrected chi connectivity index (χ2v) is 7.88. The van der Waals surface area contributed by atoms with E-state index >= 15 is 0 Å². The summed E-state index contributed by atoms with van der Waals surface area (Å²) < 4.78 is 5.42. The minimum absolute atomic E-state index is 0.0334. The van der Waals surface area contributed by atoms with Gasteiger partial charge in [0.15, 0.2) is 19.5 Å². The van der Waals surface area contributed by atoms with Gasteiger partial charge >= 0.3 is 0 Å². The maximum Gasteiger partial charge on any atom is 0.278 e. The lowest BCUT2D eigenvalue weighted by molar-refractivity contribution is 0.102. The highest BCUT2D eigenvalue weighted by Gasteiger charge is 2.20. The normalized spacial score (nSPS) is 14.6. The molecule has 0 aliphatic carbocycles. The Morgan fingerprint density at radius 1 is 1.21 bits per heavy atom. The number of nitrogen functional groups attached to an aromatic ring is 1. The van der Waals surface area contributed by atoms with Crippen LogP contribution in [-0.2, 0) is 11.2 Å². The summed E-state index contributed by atoms with van der Waals surface area (Å²) in [6.45, 7) is 2.63. The van der Waals surface area contributed by atoms with Crippen molar-refractivity contribution in [1.29, 1.82) is 0 Å². The molecular weight excluding hydrogens is 433 g/mol. The predicted octanol–water partition coefficient (Wildman–Crippen LogP) is 0.786. The first-order valence-corrected chi connectivity index (χ1v) is 11.0. The first-order valence-electron chi connectivity index (χ1n) is 11.0. The molecule has 174 valence electrons. The Morgan fingerprint density at radius 3 is 2.68 bits per heavy atom. The molecule has 1 saturated heterocycles. The number of aliphatic hydroxyl groups excluding tert-OH is 1. The van der Waals surface area contributed by atoms with Crippen LogP contribution in [0.15, 0.2) is 48.9 Å². The quantitative estimate of drug-likeness (QED) is 0.360. The third kappa shape index (κ3) is 5.50. The summed E-state index contributed by atoms with van der Waals surface area (Å²) in [7, 11) is 5.43. The van der Waals surface area contributed by atoms with Crippen molar-refractivity contribution in [3.8, 4) is 11.3 Å². The zero-order valence-corrected chi connectivity index (χ0v) is 18.6. The largest absolute Gasteiger partial charge is 0.395 e. The van der Waals surface area contributed by atoms with E-state index in [0.717, 1.165) is 29.9 Å². The van der Waals surface area contributed by atoms with Crippen molar-refractivity contribution in [2.24, 2.45) is 0 Å². The Balaban J connectivity index is 1.53. The van der Waals surface area contributed by atoms with Crippen LogP contribution < -0.4 is 21.2 Å². The fraction of sp³-hybridized carbons (Fsp3) is 0.304. The molecular formula is C23H26BN7O3. The standard InChI is InChI=1S/C23H26BN7O3/c24-30-17(14-32)11-15-1-3-16(4-2-15)18-13-27-22(25)21(28-18)23(33)29-19-12-26-6-5-20(19)31-7-9-34-10-8-31/h1-6,12-13,17,30,32H,7-11,14H2,(H2,25,27)(H,29,33)/t17-/m0/s1. The van der Waals surface area contributed by atoms with E-state index in [-0.39, 0.29) is 24.2 Å². The molecule has 1 fully saturated rings. The highest BCUT2D eigenvalue weighted by Crippen LogP contribution is 2.26. The number of aromatic nitrogens is 3. The van der Waals surface area contributed by atoms with Gasteiger partial charge < -0.3 is 31.0 Å². The molecule has 4 rings (SSSR count). The van der Waals surface area contributed by atoms with Gasteiger partial charge in [0, 0.05) is 30.9 Å². The lowest BCUT2D eigenvalue weighted by atomic mass is 10.0. The number of pyridine rings is 1. The van der Waals surface area contributed by atoms with E-state index in [2.05, 4.69) is 30.4 Å². The fourth-order valence-electron chi connectivity index (χ4n) is 3.72. The van der Waals surface area contributed by atoms with Gasteiger partial charge in [-0.3, -0.25) is 9.78 Å². The Bertz CT molecular complexity index is 1120. The van der Waals surface area contributed by atoms with E-state index in [1.807, 2.05) is 30.3 Å². The SMILES string of the molecule is [B]N[C@H](CO)Cc1ccc(-c2cnc(N)c(C(=O)Nc3cnccc3N3CCOCC3)n2)cc1. The number of benzene rings is 1. The minimum Gasteiger partial charge on any atom is -0.395 e. The lowest BCUT2D eigenvalue weighted by Gasteiger charge is -2.30. The number of carbonyl (C=O) groups excluding carboxylic acids is 1. The smallest absolute Gasteiger partial charge is 0.278 e. The highest BCUT2D eigenvalue weighted by atomic mass is 16.5. The average molecular weight is 459 g/mol. The van der Waals surface area contributed by atoms with Crippen molar-refractivity contribution in [2.45, 2.75) is 12.5 Å². The maximum atomic E-state index is 13.1. The molecule has 2 aromatic heterocycles. The number of hydrogen-bond acceptors (Lipinski definition) is 9. The summed E-state index contributed by atoms with van der Waals surface area (Å²) in [4.78, 5) is 28.0. The van der Waals surface area contributed by atoms with Gasteiger partial charge in [-0.2, -0.15) is 0 Å². The average Bonchev–Trinajstić information content (AvgIpc) is 2.89. The van der Waals surface area contributed by atoms with Crippen LogP contribution >= 0.6 is 0 Å². The fourth-order valence-corrected chi connectivity index (χ4v) is 3.72. The van der Waals surface area contributed by atoms with Crippen molar-refractivity contribution in [2.75, 3.05) is 48.9 Å². The van der Waals surface area contributed by atoms with Crippen LogP contribution in [0.1, 0.15) is 16.1 Å². The Hall–Kier alpha value is -3.54. The van der Waals surface area contributed by atoms with Crippen molar-refractivity contribution >= 4 is 31.1 Å². The molecule has 1 amide bonds. The van der Waals surface area contributed by atoms with Gasteiger partial charge in [-0.05, 0) is 18.1 Å². The number of aliphatic hydroxyl groups is 1. The monoisotopic (exact) mass is 459 g/mol. The molecule has 1 aromatic carbocycles. The third-order valence-electron chi connectivity index (χ3n) is 5.60. The lowest BCUT2D eigenvalue weighted by Crippen LogP contribution is -2.36. The molecule has 10 nitrogen and oxygen atoms in total. The first-order chi connectivity index (χ1) is 16.6. The molecule has 3 heterocycles. The van der Waals surface area contributed by atoms with Crippen molar-refractivity contribution in [1.82, 2.24) is 20.2 Å². The zero-order chi connectivity index (χ0) is 23.9. The summed E-state index contributed by atoms with van der Waals surface area (Å²) in [5, 5.41) is 14.8. The molecule has 1 aliphatic heterocycles. The second kappa shape index (κ2) is 11.1. The van der Waals surface area contributed by atoms with E-state index in [1.54, 1.807) is 12.4 Å². The van der Waals surface area contributed by atoms with Gasteiger partial charge in [0.1, 0.15) is 0 Å². The van der Waals surface area contributed by atoms with Gasteiger partial charge in [-0.15, -0.1) is 0 Å². The Kier molecular flexibility index (Phi) is 7.68. The van der Waals surface area contributed by atoms with E-state index in [4.69, 9.17) is 18.5 Å². The number of nitrogens with two attached hydrogens (primary N) is 1. The van der Waals surface area contributed by atoms with Gasteiger partial charge in [-0.1, -0.05) is 24.3 Å². The van der Waals surface area contributed by atoms with Crippen molar-refractivity contribution in [3.63, 3.8) is 0 Å². The zero-order valence-electron chi connectivity index (χ0n) is 18.6. The van der Waals surface area contributed by atoms with Crippen LogP contribution in [0, 0.1) is 0 Å². The predicted molar refractivity (Wildman–Crippen MR) is 131 cm³/mol. The molecule has 2 radical (unpaired) electrons. The number of hydrogen-bond donors (Lipinski definition) is 4.